The molecular formula is C13H16FNO3. The van der Waals surface area contributed by atoms with E-state index in [4.69, 9.17) is 19.9 Å². The van der Waals surface area contributed by atoms with Crippen molar-refractivity contribution in [2.45, 2.75) is 24.8 Å². The van der Waals surface area contributed by atoms with E-state index in [0.717, 1.165) is 19.3 Å². The Balaban J connectivity index is 2.21. The number of nitrogens with two attached hydrogens (primary N) is 1. The summed E-state index contributed by atoms with van der Waals surface area (Å²) in [5, 5.41) is 0. The molecule has 0 amide bonds. The molecule has 98 valence electrons. The summed E-state index contributed by atoms with van der Waals surface area (Å²) in [5.74, 6) is 0.697. The topological polar surface area (TPSA) is 53.7 Å². The van der Waals surface area contributed by atoms with Crippen molar-refractivity contribution < 1.29 is 18.6 Å². The van der Waals surface area contributed by atoms with Gasteiger partial charge in [-0.2, -0.15) is 0 Å². The summed E-state index contributed by atoms with van der Waals surface area (Å²) in [4.78, 5) is 0. The Kier molecular flexibility index (Phi) is 2.59. The first kappa shape index (κ1) is 11.6. The van der Waals surface area contributed by atoms with Gasteiger partial charge in [0.05, 0.1) is 12.7 Å². The lowest BCUT2D eigenvalue weighted by atomic mass is 9.72. The maximum absolute atomic E-state index is 14.0. The fourth-order valence-electron chi connectivity index (χ4n) is 2.60. The summed E-state index contributed by atoms with van der Waals surface area (Å²) in [5.41, 5.74) is 6.37. The highest BCUT2D eigenvalue weighted by Crippen LogP contribution is 2.51. The van der Waals surface area contributed by atoms with E-state index >= 15 is 0 Å². The van der Waals surface area contributed by atoms with E-state index in [1.807, 2.05) is 0 Å². The van der Waals surface area contributed by atoms with Crippen molar-refractivity contribution in [1.29, 1.82) is 0 Å². The molecule has 18 heavy (non-hydrogen) atoms. The largest absolute Gasteiger partial charge is 0.493 e. The lowest BCUT2D eigenvalue weighted by Crippen LogP contribution is -2.44. The van der Waals surface area contributed by atoms with Gasteiger partial charge in [-0.1, -0.05) is 0 Å². The standard InChI is InChI=1S/C13H16FNO3/c1-16-11-8(14)7-9-12(18-6-5-17-9)10(11)13(15)3-2-4-13/h7H,2-6,15H2,1H3. The van der Waals surface area contributed by atoms with Crippen molar-refractivity contribution in [3.05, 3.63) is 17.4 Å². The predicted octanol–water partition coefficient (Wildman–Crippen LogP) is 1.94. The average Bonchev–Trinajstić information content (AvgIpc) is 2.34. The van der Waals surface area contributed by atoms with Crippen LogP contribution in [0.1, 0.15) is 24.8 Å². The van der Waals surface area contributed by atoms with Crippen LogP contribution in [-0.4, -0.2) is 20.3 Å². The number of benzene rings is 1. The van der Waals surface area contributed by atoms with E-state index in [1.165, 1.54) is 13.2 Å². The Labute approximate surface area is 105 Å². The molecule has 0 radical (unpaired) electrons. The second-order valence-corrected chi connectivity index (χ2v) is 4.80. The van der Waals surface area contributed by atoms with Gasteiger partial charge >= 0.3 is 0 Å². The Morgan fingerprint density at radius 3 is 2.67 bits per heavy atom. The molecule has 0 atom stereocenters. The zero-order valence-electron chi connectivity index (χ0n) is 10.3. The third kappa shape index (κ3) is 1.54. The number of ether oxygens (including phenoxy) is 3. The maximum atomic E-state index is 14.0. The third-order valence-corrected chi connectivity index (χ3v) is 3.69. The van der Waals surface area contributed by atoms with Crippen LogP contribution in [0.25, 0.3) is 0 Å². The monoisotopic (exact) mass is 253 g/mol. The van der Waals surface area contributed by atoms with Crippen molar-refractivity contribution in [1.82, 2.24) is 0 Å². The zero-order valence-corrected chi connectivity index (χ0v) is 10.3. The molecule has 1 aliphatic carbocycles. The highest BCUT2D eigenvalue weighted by atomic mass is 19.1. The van der Waals surface area contributed by atoms with Crippen LogP contribution in [0.4, 0.5) is 4.39 Å². The summed E-state index contributed by atoms with van der Waals surface area (Å²) in [6.45, 7) is 0.876. The quantitative estimate of drug-likeness (QED) is 0.875. The molecule has 0 saturated heterocycles. The van der Waals surface area contributed by atoms with Crippen LogP contribution in [0, 0.1) is 5.82 Å². The van der Waals surface area contributed by atoms with Gasteiger partial charge in [-0.25, -0.2) is 4.39 Å². The predicted molar refractivity (Wildman–Crippen MR) is 63.7 cm³/mol. The molecule has 2 aliphatic rings. The molecule has 0 bridgehead atoms. The first-order chi connectivity index (χ1) is 8.65. The summed E-state index contributed by atoms with van der Waals surface area (Å²) in [6, 6.07) is 1.30. The number of hydrogen-bond donors (Lipinski definition) is 1. The van der Waals surface area contributed by atoms with Gasteiger partial charge in [-0.3, -0.25) is 0 Å². The van der Waals surface area contributed by atoms with Crippen LogP contribution in [0.3, 0.4) is 0 Å². The minimum atomic E-state index is -0.557. The molecule has 1 aromatic carbocycles. The van der Waals surface area contributed by atoms with Crippen LogP contribution < -0.4 is 19.9 Å². The van der Waals surface area contributed by atoms with E-state index in [9.17, 15) is 4.39 Å². The number of methoxy groups -OCH3 is 1. The molecule has 1 saturated carbocycles. The molecule has 5 heteroatoms. The first-order valence-corrected chi connectivity index (χ1v) is 6.11. The maximum Gasteiger partial charge on any atom is 0.170 e. The molecule has 0 spiro atoms. The molecule has 1 fully saturated rings. The molecule has 4 nitrogen and oxygen atoms in total. The number of halogens is 1. The fourth-order valence-corrected chi connectivity index (χ4v) is 2.60. The molecular weight excluding hydrogens is 237 g/mol. The van der Waals surface area contributed by atoms with Crippen LogP contribution in [0.5, 0.6) is 17.2 Å². The van der Waals surface area contributed by atoms with Gasteiger partial charge in [-0.15, -0.1) is 0 Å². The second-order valence-electron chi connectivity index (χ2n) is 4.80. The van der Waals surface area contributed by atoms with E-state index in [2.05, 4.69) is 0 Å². The summed E-state index contributed by atoms with van der Waals surface area (Å²) in [7, 11) is 1.44. The molecule has 3 rings (SSSR count). The van der Waals surface area contributed by atoms with Crippen LogP contribution in [0.2, 0.25) is 0 Å². The lowest BCUT2D eigenvalue weighted by Gasteiger charge is -2.41. The highest BCUT2D eigenvalue weighted by molar-refractivity contribution is 5.59. The SMILES string of the molecule is COc1c(F)cc2c(c1C1(N)CCC1)OCCO2. The Hall–Kier alpha value is -1.49. The van der Waals surface area contributed by atoms with Crippen LogP contribution in [-0.2, 0) is 5.54 Å². The Morgan fingerprint density at radius 2 is 2.06 bits per heavy atom. The van der Waals surface area contributed by atoms with E-state index in [1.54, 1.807) is 0 Å². The van der Waals surface area contributed by atoms with Gasteiger partial charge < -0.3 is 19.9 Å². The van der Waals surface area contributed by atoms with Crippen molar-refractivity contribution in [2.24, 2.45) is 5.73 Å². The van der Waals surface area contributed by atoms with E-state index < -0.39 is 11.4 Å². The van der Waals surface area contributed by atoms with Crippen molar-refractivity contribution in [2.75, 3.05) is 20.3 Å². The minimum Gasteiger partial charge on any atom is -0.493 e. The molecule has 1 heterocycles. The average molecular weight is 253 g/mol. The molecule has 0 unspecified atom stereocenters. The van der Waals surface area contributed by atoms with Crippen LogP contribution in [0.15, 0.2) is 6.07 Å². The molecule has 2 N–H and O–H groups in total. The van der Waals surface area contributed by atoms with Crippen molar-refractivity contribution >= 4 is 0 Å². The van der Waals surface area contributed by atoms with Gasteiger partial charge in [0.1, 0.15) is 13.2 Å². The lowest BCUT2D eigenvalue weighted by molar-refractivity contribution is 0.155. The third-order valence-electron chi connectivity index (χ3n) is 3.69. The molecule has 1 aliphatic heterocycles. The normalized spacial score (nSPS) is 20.2. The van der Waals surface area contributed by atoms with Gasteiger partial charge in [0.15, 0.2) is 23.1 Å². The van der Waals surface area contributed by atoms with Crippen molar-refractivity contribution in [3.8, 4) is 17.2 Å². The van der Waals surface area contributed by atoms with Gasteiger partial charge in [0.2, 0.25) is 0 Å². The first-order valence-electron chi connectivity index (χ1n) is 6.11. The number of fused-ring (bicyclic) bond motifs is 1. The highest BCUT2D eigenvalue weighted by Gasteiger charge is 2.42. The van der Waals surface area contributed by atoms with E-state index in [0.29, 0.717) is 30.3 Å². The van der Waals surface area contributed by atoms with Gasteiger partial charge in [0.25, 0.3) is 0 Å². The van der Waals surface area contributed by atoms with Gasteiger partial charge in [0, 0.05) is 11.6 Å². The van der Waals surface area contributed by atoms with Crippen LogP contribution >= 0.6 is 0 Å². The number of hydrogen-bond acceptors (Lipinski definition) is 4. The number of rotatable bonds is 2. The van der Waals surface area contributed by atoms with Crippen molar-refractivity contribution in [3.63, 3.8) is 0 Å². The Morgan fingerprint density at radius 1 is 1.33 bits per heavy atom. The van der Waals surface area contributed by atoms with Gasteiger partial charge in [-0.05, 0) is 19.3 Å². The summed E-state index contributed by atoms with van der Waals surface area (Å²) < 4.78 is 30.2. The zero-order chi connectivity index (χ0) is 12.8. The Bertz CT molecular complexity index is 486. The molecule has 1 aromatic rings. The van der Waals surface area contributed by atoms with E-state index in [-0.39, 0.29) is 5.75 Å². The summed E-state index contributed by atoms with van der Waals surface area (Å²) >= 11 is 0. The minimum absolute atomic E-state index is 0.182. The fraction of sp³-hybridized carbons (Fsp3) is 0.538. The summed E-state index contributed by atoms with van der Waals surface area (Å²) in [6.07, 6.45) is 2.65. The molecule has 0 aromatic heterocycles. The smallest absolute Gasteiger partial charge is 0.170 e. The second kappa shape index (κ2) is 4.02.